The van der Waals surface area contributed by atoms with Crippen LogP contribution in [0.2, 0.25) is 0 Å². The van der Waals surface area contributed by atoms with Crippen molar-refractivity contribution in [3.63, 3.8) is 0 Å². The first kappa shape index (κ1) is 22.0. The molecule has 9 nitrogen and oxygen atoms in total. The Hall–Kier alpha value is -3.46. The van der Waals surface area contributed by atoms with Gasteiger partial charge >= 0.3 is 0 Å². The van der Waals surface area contributed by atoms with Crippen molar-refractivity contribution in [2.75, 3.05) is 49.1 Å². The highest BCUT2D eigenvalue weighted by Crippen LogP contribution is 2.33. The second-order valence-corrected chi connectivity index (χ2v) is 9.74. The molecule has 5 heterocycles. The monoisotopic (exact) mass is 473 g/mol. The number of morpholine rings is 1. The lowest BCUT2D eigenvalue weighted by Crippen LogP contribution is -2.49. The van der Waals surface area contributed by atoms with E-state index in [4.69, 9.17) is 14.7 Å². The zero-order chi connectivity index (χ0) is 23.9. The number of para-hydroxylation sites is 1. The number of amides is 1. The van der Waals surface area contributed by atoms with Crippen molar-refractivity contribution in [3.05, 3.63) is 54.1 Å². The first-order valence-electron chi connectivity index (χ1n) is 12.4. The van der Waals surface area contributed by atoms with Gasteiger partial charge in [-0.3, -0.25) is 9.48 Å². The number of rotatable bonds is 5. The van der Waals surface area contributed by atoms with Gasteiger partial charge in [0.05, 0.1) is 24.4 Å². The van der Waals surface area contributed by atoms with Gasteiger partial charge in [0.1, 0.15) is 6.54 Å². The molecule has 9 heteroatoms. The third-order valence-electron chi connectivity index (χ3n) is 7.37. The van der Waals surface area contributed by atoms with Crippen molar-refractivity contribution in [3.8, 4) is 11.1 Å². The summed E-state index contributed by atoms with van der Waals surface area (Å²) in [5.74, 6) is 0.908. The molecule has 0 spiro atoms. The van der Waals surface area contributed by atoms with E-state index in [-0.39, 0.29) is 5.91 Å². The fraction of sp³-hybridized carbons (Fsp3) is 0.462. The third kappa shape index (κ3) is 4.25. The van der Waals surface area contributed by atoms with E-state index in [0.717, 1.165) is 66.8 Å². The van der Waals surface area contributed by atoms with Crippen molar-refractivity contribution < 1.29 is 9.53 Å². The molecule has 2 atom stereocenters. The lowest BCUT2D eigenvalue weighted by molar-refractivity contribution is -0.132. The molecule has 3 aliphatic rings. The number of hydrogen-bond acceptors (Lipinski definition) is 7. The fourth-order valence-corrected chi connectivity index (χ4v) is 5.51. The van der Waals surface area contributed by atoms with Crippen LogP contribution in [0.1, 0.15) is 17.8 Å². The highest BCUT2D eigenvalue weighted by atomic mass is 16.5. The molecule has 2 bridgehead atoms. The van der Waals surface area contributed by atoms with Crippen molar-refractivity contribution >= 4 is 17.5 Å². The van der Waals surface area contributed by atoms with Crippen molar-refractivity contribution in [1.29, 1.82) is 0 Å². The molecule has 182 valence electrons. The zero-order valence-corrected chi connectivity index (χ0v) is 20.3. The van der Waals surface area contributed by atoms with Gasteiger partial charge in [-0.1, -0.05) is 18.2 Å². The molecule has 1 aromatic carbocycles. The molecule has 3 aliphatic heterocycles. The highest BCUT2D eigenvalue weighted by Gasteiger charge is 2.40. The van der Waals surface area contributed by atoms with Gasteiger partial charge in [0.2, 0.25) is 11.9 Å². The topological polar surface area (TPSA) is 79.6 Å². The van der Waals surface area contributed by atoms with Crippen LogP contribution in [0.3, 0.4) is 0 Å². The normalized spacial score (nSPS) is 21.7. The van der Waals surface area contributed by atoms with Gasteiger partial charge in [0.15, 0.2) is 0 Å². The molecule has 0 aliphatic carbocycles. The standard InChI is InChI=1S/C26H31N7O2/c1-18-11-19(2)33(29-18)16-25(34)31-9-7-30(8-10-31)24-6-4-3-5-23(24)20-13-27-26(28-14-20)32-15-22-12-21(32)17-35-22/h3-6,11,13-14,21-22H,7-10,12,15-17H2,1-2H3. The van der Waals surface area contributed by atoms with E-state index >= 15 is 0 Å². The Morgan fingerprint density at radius 2 is 1.86 bits per heavy atom. The zero-order valence-electron chi connectivity index (χ0n) is 20.3. The molecule has 3 fully saturated rings. The fourth-order valence-electron chi connectivity index (χ4n) is 5.51. The first-order chi connectivity index (χ1) is 17.0. The Kier molecular flexibility index (Phi) is 5.64. The van der Waals surface area contributed by atoms with E-state index in [1.165, 1.54) is 0 Å². The molecule has 3 aromatic rings. The van der Waals surface area contributed by atoms with Crippen molar-refractivity contribution in [2.24, 2.45) is 0 Å². The minimum absolute atomic E-state index is 0.120. The number of aromatic nitrogens is 4. The average molecular weight is 474 g/mol. The van der Waals surface area contributed by atoms with Gasteiger partial charge in [-0.05, 0) is 32.4 Å². The van der Waals surface area contributed by atoms with Crippen molar-refractivity contribution in [2.45, 2.75) is 39.0 Å². The third-order valence-corrected chi connectivity index (χ3v) is 7.37. The number of benzene rings is 1. The number of piperazine rings is 1. The Balaban J connectivity index is 1.13. The Morgan fingerprint density at radius 3 is 2.51 bits per heavy atom. The van der Waals surface area contributed by atoms with Gasteiger partial charge in [-0.25, -0.2) is 9.97 Å². The number of hydrogen-bond donors (Lipinski definition) is 0. The van der Waals surface area contributed by atoms with E-state index in [1.54, 1.807) is 4.68 Å². The summed E-state index contributed by atoms with van der Waals surface area (Å²) in [6, 6.07) is 10.8. The molecule has 1 amide bonds. The average Bonchev–Trinajstić information content (AvgIpc) is 3.60. The summed E-state index contributed by atoms with van der Waals surface area (Å²) < 4.78 is 7.50. The van der Waals surface area contributed by atoms with E-state index in [2.05, 4.69) is 39.2 Å². The molecule has 0 saturated carbocycles. The van der Waals surface area contributed by atoms with Gasteiger partial charge in [-0.2, -0.15) is 5.10 Å². The highest BCUT2D eigenvalue weighted by molar-refractivity contribution is 5.79. The van der Waals surface area contributed by atoms with Crippen LogP contribution in [0.5, 0.6) is 0 Å². The van der Waals surface area contributed by atoms with Gasteiger partial charge in [0, 0.05) is 67.6 Å². The summed E-state index contributed by atoms with van der Waals surface area (Å²) in [5.41, 5.74) is 5.24. The van der Waals surface area contributed by atoms with E-state index in [1.807, 2.05) is 37.2 Å². The summed E-state index contributed by atoms with van der Waals surface area (Å²) in [7, 11) is 0. The minimum Gasteiger partial charge on any atom is -0.374 e. The second kappa shape index (κ2) is 8.96. The predicted molar refractivity (Wildman–Crippen MR) is 133 cm³/mol. The Morgan fingerprint density at radius 1 is 1.09 bits per heavy atom. The Labute approximate surface area is 205 Å². The first-order valence-corrected chi connectivity index (χ1v) is 12.4. The van der Waals surface area contributed by atoms with Crippen LogP contribution < -0.4 is 9.80 Å². The van der Waals surface area contributed by atoms with Crippen LogP contribution in [0.4, 0.5) is 11.6 Å². The lowest BCUT2D eigenvalue weighted by Gasteiger charge is -2.37. The molecule has 2 aromatic heterocycles. The van der Waals surface area contributed by atoms with Crippen LogP contribution in [0.25, 0.3) is 11.1 Å². The van der Waals surface area contributed by atoms with Crippen molar-refractivity contribution in [1.82, 2.24) is 24.6 Å². The van der Waals surface area contributed by atoms with E-state index in [0.29, 0.717) is 31.8 Å². The summed E-state index contributed by atoms with van der Waals surface area (Å²) >= 11 is 0. The molecule has 6 rings (SSSR count). The smallest absolute Gasteiger partial charge is 0.244 e. The number of anilines is 2. The SMILES string of the molecule is Cc1cc(C)n(CC(=O)N2CCN(c3ccccc3-c3cnc(N4CC5CC4CO5)nc3)CC2)n1. The summed E-state index contributed by atoms with van der Waals surface area (Å²) in [5, 5.41) is 4.43. The molecular weight excluding hydrogens is 442 g/mol. The summed E-state index contributed by atoms with van der Waals surface area (Å²) in [6.07, 6.45) is 5.26. The second-order valence-electron chi connectivity index (χ2n) is 9.74. The molecule has 0 N–H and O–H groups in total. The van der Waals surface area contributed by atoms with Crippen LogP contribution >= 0.6 is 0 Å². The van der Waals surface area contributed by atoms with Gasteiger partial charge in [-0.15, -0.1) is 0 Å². The number of aryl methyl sites for hydroxylation is 2. The largest absolute Gasteiger partial charge is 0.374 e. The van der Waals surface area contributed by atoms with E-state index < -0.39 is 0 Å². The summed E-state index contributed by atoms with van der Waals surface area (Å²) in [4.78, 5) is 28.8. The maximum atomic E-state index is 12.9. The number of nitrogens with zero attached hydrogens (tertiary/aromatic N) is 7. The van der Waals surface area contributed by atoms with Gasteiger partial charge < -0.3 is 19.4 Å². The summed E-state index contributed by atoms with van der Waals surface area (Å²) in [6.45, 7) is 8.85. The maximum Gasteiger partial charge on any atom is 0.244 e. The van der Waals surface area contributed by atoms with Crippen LogP contribution in [-0.4, -0.2) is 82.0 Å². The number of ether oxygens (including phenoxy) is 1. The van der Waals surface area contributed by atoms with Crippen LogP contribution in [0, 0.1) is 13.8 Å². The predicted octanol–water partition coefficient (Wildman–Crippen LogP) is 2.28. The van der Waals surface area contributed by atoms with E-state index in [9.17, 15) is 4.79 Å². The molecule has 35 heavy (non-hydrogen) atoms. The number of carbonyl (C=O) groups is 1. The lowest BCUT2D eigenvalue weighted by atomic mass is 10.1. The Bertz CT molecular complexity index is 1220. The van der Waals surface area contributed by atoms with Gasteiger partial charge in [0.25, 0.3) is 0 Å². The quantitative estimate of drug-likeness (QED) is 0.563. The molecule has 2 unspecified atom stereocenters. The van der Waals surface area contributed by atoms with Crippen LogP contribution in [0.15, 0.2) is 42.7 Å². The number of carbonyl (C=O) groups excluding carboxylic acids is 1. The maximum absolute atomic E-state index is 12.9. The molecular formula is C26H31N7O2. The van der Waals surface area contributed by atoms with Crippen LogP contribution in [-0.2, 0) is 16.1 Å². The molecule has 0 radical (unpaired) electrons. The minimum atomic E-state index is 0.120. The molecule has 3 saturated heterocycles. The number of fused-ring (bicyclic) bond motifs is 2.